The molecule has 0 unspecified atom stereocenters. The number of nitrogens with one attached hydrogen (secondary N) is 1. The standard InChI is InChI=1S/C23H29N7O3/c1-15-14-33-17(3)20(15)23(32)29-10-6-19(31)24-8-11-28(12-13-29)21-16(2)22(27-18(4)26-21)30-9-5-7-25-30/h5,7,9,14H,6,8,10-13H2,1-4H3,(H,24,31). The lowest BCUT2D eigenvalue weighted by atomic mass is 10.1. The molecule has 3 aromatic heterocycles. The van der Waals surface area contributed by atoms with Gasteiger partial charge in [-0.1, -0.05) is 0 Å². The third-order valence-corrected chi connectivity index (χ3v) is 5.84. The molecule has 0 radical (unpaired) electrons. The summed E-state index contributed by atoms with van der Waals surface area (Å²) in [5.74, 6) is 2.48. The van der Waals surface area contributed by atoms with Gasteiger partial charge >= 0.3 is 0 Å². The lowest BCUT2D eigenvalue weighted by molar-refractivity contribution is -0.121. The number of rotatable bonds is 3. The first-order valence-corrected chi connectivity index (χ1v) is 11.1. The van der Waals surface area contributed by atoms with E-state index >= 15 is 0 Å². The molecule has 10 heteroatoms. The van der Waals surface area contributed by atoms with Crippen molar-refractivity contribution < 1.29 is 14.0 Å². The number of aryl methyl sites for hydroxylation is 3. The highest BCUT2D eigenvalue weighted by molar-refractivity contribution is 5.96. The Morgan fingerprint density at radius 2 is 1.85 bits per heavy atom. The van der Waals surface area contributed by atoms with E-state index in [1.165, 1.54) is 0 Å². The van der Waals surface area contributed by atoms with Gasteiger partial charge in [0.1, 0.15) is 17.4 Å². The molecule has 0 aromatic carbocycles. The molecule has 1 aliphatic rings. The molecule has 174 valence electrons. The summed E-state index contributed by atoms with van der Waals surface area (Å²) in [5.41, 5.74) is 2.24. The second-order valence-electron chi connectivity index (χ2n) is 8.22. The number of amides is 2. The van der Waals surface area contributed by atoms with Gasteiger partial charge in [-0.3, -0.25) is 9.59 Å². The van der Waals surface area contributed by atoms with Gasteiger partial charge in [0.05, 0.1) is 11.8 Å². The molecule has 0 atom stereocenters. The zero-order valence-corrected chi connectivity index (χ0v) is 19.5. The highest BCUT2D eigenvalue weighted by atomic mass is 16.3. The zero-order valence-electron chi connectivity index (χ0n) is 19.5. The van der Waals surface area contributed by atoms with Crippen LogP contribution < -0.4 is 10.2 Å². The van der Waals surface area contributed by atoms with Gasteiger partial charge in [-0.05, 0) is 33.8 Å². The van der Waals surface area contributed by atoms with Crippen molar-refractivity contribution in [3.63, 3.8) is 0 Å². The molecular weight excluding hydrogens is 422 g/mol. The number of nitrogens with zero attached hydrogens (tertiary/aromatic N) is 6. The fraction of sp³-hybridized carbons (Fsp3) is 0.435. The van der Waals surface area contributed by atoms with Crippen LogP contribution in [0, 0.1) is 27.7 Å². The first kappa shape index (κ1) is 22.5. The van der Waals surface area contributed by atoms with Crippen LogP contribution >= 0.6 is 0 Å². The molecule has 0 aliphatic carbocycles. The molecule has 0 saturated carbocycles. The Bertz CT molecular complexity index is 1130. The van der Waals surface area contributed by atoms with Crippen LogP contribution in [0.25, 0.3) is 5.82 Å². The molecule has 0 bridgehead atoms. The summed E-state index contributed by atoms with van der Waals surface area (Å²) in [6, 6.07) is 1.85. The molecule has 1 N–H and O–H groups in total. The Balaban J connectivity index is 1.64. The number of carbonyl (C=O) groups excluding carboxylic acids is 2. The normalized spacial score (nSPS) is 15.5. The molecule has 1 saturated heterocycles. The maximum Gasteiger partial charge on any atom is 0.257 e. The van der Waals surface area contributed by atoms with Crippen LogP contribution in [0.2, 0.25) is 0 Å². The van der Waals surface area contributed by atoms with Crippen molar-refractivity contribution in [2.45, 2.75) is 34.1 Å². The molecule has 10 nitrogen and oxygen atoms in total. The van der Waals surface area contributed by atoms with Crippen molar-refractivity contribution in [1.82, 2.24) is 30.0 Å². The van der Waals surface area contributed by atoms with Gasteiger partial charge in [-0.15, -0.1) is 0 Å². The molecule has 0 spiro atoms. The van der Waals surface area contributed by atoms with Crippen LogP contribution in [0.15, 0.2) is 29.1 Å². The van der Waals surface area contributed by atoms with Gasteiger partial charge in [0, 0.05) is 62.7 Å². The largest absolute Gasteiger partial charge is 0.469 e. The minimum Gasteiger partial charge on any atom is -0.469 e. The summed E-state index contributed by atoms with van der Waals surface area (Å²) in [6.45, 7) is 9.85. The summed E-state index contributed by atoms with van der Waals surface area (Å²) in [7, 11) is 0. The van der Waals surface area contributed by atoms with Crippen LogP contribution in [0.5, 0.6) is 0 Å². The summed E-state index contributed by atoms with van der Waals surface area (Å²) in [4.78, 5) is 38.8. The van der Waals surface area contributed by atoms with Gasteiger partial charge < -0.3 is 19.5 Å². The molecular formula is C23H29N7O3. The molecule has 1 aliphatic heterocycles. The molecule has 2 amide bonds. The Morgan fingerprint density at radius 1 is 1.06 bits per heavy atom. The first-order valence-electron chi connectivity index (χ1n) is 11.1. The number of hydrogen-bond donors (Lipinski definition) is 1. The summed E-state index contributed by atoms with van der Waals surface area (Å²) >= 11 is 0. The Kier molecular flexibility index (Phi) is 6.43. The topological polar surface area (TPSA) is 109 Å². The van der Waals surface area contributed by atoms with Gasteiger partial charge in [0.15, 0.2) is 5.82 Å². The monoisotopic (exact) mass is 451 g/mol. The summed E-state index contributed by atoms with van der Waals surface area (Å²) < 4.78 is 7.15. The van der Waals surface area contributed by atoms with Crippen molar-refractivity contribution in [3.05, 3.63) is 53.0 Å². The average molecular weight is 452 g/mol. The van der Waals surface area contributed by atoms with Crippen molar-refractivity contribution in [1.29, 1.82) is 0 Å². The highest BCUT2D eigenvalue weighted by Crippen LogP contribution is 2.23. The van der Waals surface area contributed by atoms with Crippen LogP contribution in [0.4, 0.5) is 5.82 Å². The molecule has 4 heterocycles. The Labute approximate surface area is 192 Å². The van der Waals surface area contributed by atoms with Gasteiger partial charge in [0.2, 0.25) is 5.91 Å². The van der Waals surface area contributed by atoms with Crippen molar-refractivity contribution >= 4 is 17.6 Å². The van der Waals surface area contributed by atoms with Crippen LogP contribution in [-0.4, -0.2) is 69.2 Å². The molecule has 33 heavy (non-hydrogen) atoms. The fourth-order valence-electron chi connectivity index (χ4n) is 4.11. The van der Waals surface area contributed by atoms with E-state index in [1.54, 1.807) is 29.0 Å². The smallest absolute Gasteiger partial charge is 0.257 e. The Hall–Kier alpha value is -3.69. The third-order valence-electron chi connectivity index (χ3n) is 5.84. The van der Waals surface area contributed by atoms with E-state index in [4.69, 9.17) is 9.40 Å². The van der Waals surface area contributed by atoms with Gasteiger partial charge in [0.25, 0.3) is 5.91 Å². The molecule has 1 fully saturated rings. The lowest BCUT2D eigenvalue weighted by Crippen LogP contribution is -2.45. The van der Waals surface area contributed by atoms with Crippen molar-refractivity contribution in [3.8, 4) is 5.82 Å². The third kappa shape index (κ3) is 4.74. The minimum absolute atomic E-state index is 0.0805. The SMILES string of the molecule is Cc1nc(N2CCNC(=O)CCN(C(=O)c3c(C)coc3C)CC2)c(C)c(-n2cccn2)n1. The number of aromatic nitrogens is 4. The van der Waals surface area contributed by atoms with Crippen LogP contribution in [0.1, 0.15) is 39.5 Å². The zero-order chi connectivity index (χ0) is 23.5. The number of carbonyl (C=O) groups is 2. The van der Waals surface area contributed by atoms with Crippen LogP contribution in [-0.2, 0) is 4.79 Å². The average Bonchev–Trinajstić information content (AvgIpc) is 3.43. The maximum atomic E-state index is 13.3. The summed E-state index contributed by atoms with van der Waals surface area (Å²) in [6.07, 6.45) is 5.40. The maximum absolute atomic E-state index is 13.3. The second kappa shape index (κ2) is 9.43. The number of anilines is 1. The summed E-state index contributed by atoms with van der Waals surface area (Å²) in [5, 5.41) is 7.26. The van der Waals surface area contributed by atoms with E-state index in [0.29, 0.717) is 55.7 Å². The van der Waals surface area contributed by atoms with Crippen molar-refractivity contribution in [2.75, 3.05) is 37.6 Å². The Morgan fingerprint density at radius 3 is 2.55 bits per heavy atom. The second-order valence-corrected chi connectivity index (χ2v) is 8.22. The first-order chi connectivity index (χ1) is 15.8. The molecule has 3 aromatic rings. The predicted molar refractivity (Wildman–Crippen MR) is 123 cm³/mol. The van der Waals surface area contributed by atoms with E-state index in [9.17, 15) is 9.59 Å². The highest BCUT2D eigenvalue weighted by Gasteiger charge is 2.25. The van der Waals surface area contributed by atoms with E-state index < -0.39 is 0 Å². The lowest BCUT2D eigenvalue weighted by Gasteiger charge is -2.31. The van der Waals surface area contributed by atoms with E-state index in [1.807, 2.05) is 33.0 Å². The fourth-order valence-corrected chi connectivity index (χ4v) is 4.11. The molecule has 4 rings (SSSR count). The quantitative estimate of drug-likeness (QED) is 0.648. The van der Waals surface area contributed by atoms with E-state index in [2.05, 4.69) is 20.3 Å². The minimum atomic E-state index is -0.125. The predicted octanol–water partition coefficient (Wildman–Crippen LogP) is 1.96. The van der Waals surface area contributed by atoms with E-state index in [0.717, 1.165) is 16.9 Å². The van der Waals surface area contributed by atoms with E-state index in [-0.39, 0.29) is 18.2 Å². The van der Waals surface area contributed by atoms with Crippen molar-refractivity contribution in [2.24, 2.45) is 0 Å². The van der Waals surface area contributed by atoms with Gasteiger partial charge in [-0.25, -0.2) is 14.6 Å². The van der Waals surface area contributed by atoms with Crippen LogP contribution in [0.3, 0.4) is 0 Å². The number of furan rings is 1. The van der Waals surface area contributed by atoms with Gasteiger partial charge in [-0.2, -0.15) is 5.10 Å². The number of hydrogen-bond acceptors (Lipinski definition) is 7.